The van der Waals surface area contributed by atoms with E-state index in [0.29, 0.717) is 17.7 Å². The highest BCUT2D eigenvalue weighted by molar-refractivity contribution is 7.92. The third-order valence-electron chi connectivity index (χ3n) is 3.47. The van der Waals surface area contributed by atoms with E-state index in [4.69, 9.17) is 16.1 Å². The van der Waals surface area contributed by atoms with Gasteiger partial charge in [-0.1, -0.05) is 23.2 Å². The fourth-order valence-electron chi connectivity index (χ4n) is 2.43. The van der Waals surface area contributed by atoms with E-state index < -0.39 is 15.9 Å². The molecule has 0 aliphatic heterocycles. The molecule has 0 fully saturated rings. The Balaban J connectivity index is 1.87. The lowest BCUT2D eigenvalue weighted by molar-refractivity contribution is 0.0971. The Kier molecular flexibility index (Phi) is 4.24. The number of thiophene rings is 1. The predicted molar refractivity (Wildman–Crippen MR) is 81.7 cm³/mol. The van der Waals surface area contributed by atoms with Gasteiger partial charge in [0.15, 0.2) is 9.90 Å². The molecule has 6 nitrogen and oxygen atoms in total. The van der Waals surface area contributed by atoms with Crippen molar-refractivity contribution >= 4 is 38.9 Å². The second-order valence-electron chi connectivity index (χ2n) is 4.98. The van der Waals surface area contributed by atoms with Crippen LogP contribution in [0.25, 0.3) is 0 Å². The molecule has 0 radical (unpaired) electrons. The van der Waals surface area contributed by atoms with Crippen molar-refractivity contribution < 1.29 is 17.7 Å². The van der Waals surface area contributed by atoms with E-state index in [1.54, 1.807) is 5.38 Å². The van der Waals surface area contributed by atoms with Crippen molar-refractivity contribution in [2.24, 2.45) is 0 Å². The van der Waals surface area contributed by atoms with Crippen molar-refractivity contribution in [3.05, 3.63) is 33.5 Å². The molecular weight excluding hydrogens is 348 g/mol. The van der Waals surface area contributed by atoms with Crippen molar-refractivity contribution in [3.8, 4) is 0 Å². The molecular formula is C13H13ClN2O4S2. The summed E-state index contributed by atoms with van der Waals surface area (Å²) in [6.45, 7) is 0. The van der Waals surface area contributed by atoms with E-state index in [9.17, 15) is 13.2 Å². The van der Waals surface area contributed by atoms with E-state index in [0.717, 1.165) is 37.0 Å². The molecule has 1 N–H and O–H groups in total. The summed E-state index contributed by atoms with van der Waals surface area (Å²) in [5, 5.41) is 5.38. The SMILES string of the molecule is O=C(NS(=O)(=O)c1sccc1Cl)c1noc2c1CCCCC2. The first-order valence-electron chi connectivity index (χ1n) is 6.76. The zero-order valence-corrected chi connectivity index (χ0v) is 13.9. The van der Waals surface area contributed by atoms with Gasteiger partial charge in [0, 0.05) is 12.0 Å². The fraction of sp³-hybridized carbons (Fsp3) is 0.385. The highest BCUT2D eigenvalue weighted by atomic mass is 35.5. The van der Waals surface area contributed by atoms with E-state index in [-0.39, 0.29) is 14.9 Å². The molecule has 0 unspecified atom stereocenters. The molecule has 2 aromatic rings. The van der Waals surface area contributed by atoms with Gasteiger partial charge in [0.2, 0.25) is 0 Å². The second kappa shape index (κ2) is 6.02. The first-order chi connectivity index (χ1) is 10.5. The summed E-state index contributed by atoms with van der Waals surface area (Å²) in [4.78, 5) is 12.3. The van der Waals surface area contributed by atoms with Gasteiger partial charge >= 0.3 is 0 Å². The number of rotatable bonds is 3. The lowest BCUT2D eigenvalue weighted by Crippen LogP contribution is -2.31. The molecule has 1 aliphatic carbocycles. The number of hydrogen-bond acceptors (Lipinski definition) is 6. The van der Waals surface area contributed by atoms with Crippen LogP contribution in [0.1, 0.15) is 41.1 Å². The van der Waals surface area contributed by atoms with Gasteiger partial charge in [-0.2, -0.15) is 0 Å². The number of hydrogen-bond donors (Lipinski definition) is 1. The second-order valence-corrected chi connectivity index (χ2v) is 8.19. The standard InChI is InChI=1S/C13H13ClN2O4S2/c14-9-6-7-21-13(9)22(18,19)16-12(17)11-8-4-2-1-3-5-10(8)20-15-11/h6-7H,1-5H2,(H,16,17). The van der Waals surface area contributed by atoms with Crippen LogP contribution in [-0.2, 0) is 22.9 Å². The van der Waals surface area contributed by atoms with Gasteiger partial charge in [0.05, 0.1) is 5.02 Å². The molecule has 2 heterocycles. The minimum atomic E-state index is -4.00. The molecule has 0 saturated heterocycles. The first-order valence-corrected chi connectivity index (χ1v) is 9.50. The highest BCUT2D eigenvalue weighted by Gasteiger charge is 2.28. The van der Waals surface area contributed by atoms with Gasteiger partial charge in [-0.05, 0) is 30.7 Å². The third-order valence-corrected chi connectivity index (χ3v) is 6.83. The Morgan fingerprint density at radius 1 is 1.32 bits per heavy atom. The van der Waals surface area contributed by atoms with Gasteiger partial charge in [-0.25, -0.2) is 13.1 Å². The van der Waals surface area contributed by atoms with Crippen LogP contribution < -0.4 is 4.72 Å². The van der Waals surface area contributed by atoms with E-state index in [2.05, 4.69) is 5.16 Å². The number of aryl methyl sites for hydroxylation is 1. The smallest absolute Gasteiger partial charge is 0.287 e. The molecule has 3 rings (SSSR count). The van der Waals surface area contributed by atoms with Crippen LogP contribution >= 0.6 is 22.9 Å². The van der Waals surface area contributed by atoms with Crippen molar-refractivity contribution in [1.29, 1.82) is 0 Å². The Morgan fingerprint density at radius 2 is 2.09 bits per heavy atom. The van der Waals surface area contributed by atoms with E-state index in [1.807, 2.05) is 4.72 Å². The molecule has 22 heavy (non-hydrogen) atoms. The zero-order valence-electron chi connectivity index (χ0n) is 11.5. The number of nitrogens with one attached hydrogen (secondary N) is 1. The van der Waals surface area contributed by atoms with Crippen LogP contribution in [0.2, 0.25) is 5.02 Å². The summed E-state index contributed by atoms with van der Waals surface area (Å²) in [5.74, 6) is -0.106. The number of fused-ring (bicyclic) bond motifs is 1. The normalized spacial score (nSPS) is 15.1. The topological polar surface area (TPSA) is 89.3 Å². The molecule has 0 bridgehead atoms. The summed E-state index contributed by atoms with van der Waals surface area (Å²) < 4.78 is 31.5. The number of aromatic nitrogens is 1. The zero-order chi connectivity index (χ0) is 15.7. The molecule has 2 aromatic heterocycles. The molecule has 1 amide bonds. The quantitative estimate of drug-likeness (QED) is 0.850. The number of nitrogens with zero attached hydrogens (tertiary/aromatic N) is 1. The van der Waals surface area contributed by atoms with Crippen LogP contribution in [0.4, 0.5) is 0 Å². The van der Waals surface area contributed by atoms with Crippen molar-refractivity contribution in [3.63, 3.8) is 0 Å². The number of carbonyl (C=O) groups excluding carboxylic acids is 1. The molecule has 0 spiro atoms. The average Bonchev–Trinajstić information content (AvgIpc) is 2.99. The maximum atomic E-state index is 12.3. The van der Waals surface area contributed by atoms with E-state index in [1.165, 1.54) is 6.07 Å². The molecule has 0 aromatic carbocycles. The lowest BCUT2D eigenvalue weighted by atomic mass is 10.1. The summed E-state index contributed by atoms with van der Waals surface area (Å²) >= 11 is 6.76. The number of amides is 1. The van der Waals surface area contributed by atoms with E-state index >= 15 is 0 Å². The molecule has 9 heteroatoms. The molecule has 118 valence electrons. The monoisotopic (exact) mass is 360 g/mol. The summed E-state index contributed by atoms with van der Waals surface area (Å²) in [7, 11) is -4.00. The van der Waals surface area contributed by atoms with Gasteiger partial charge in [0.1, 0.15) is 5.76 Å². The number of sulfonamides is 1. The molecule has 1 aliphatic rings. The van der Waals surface area contributed by atoms with Gasteiger partial charge in [0.25, 0.3) is 15.9 Å². The van der Waals surface area contributed by atoms with Crippen LogP contribution in [0.3, 0.4) is 0 Å². The predicted octanol–water partition coefficient (Wildman–Crippen LogP) is 2.78. The Morgan fingerprint density at radius 3 is 2.82 bits per heavy atom. The van der Waals surface area contributed by atoms with Crippen molar-refractivity contribution in [2.75, 3.05) is 0 Å². The first kappa shape index (κ1) is 15.5. The summed E-state index contributed by atoms with van der Waals surface area (Å²) in [6, 6.07) is 1.47. The van der Waals surface area contributed by atoms with Crippen LogP contribution in [0.5, 0.6) is 0 Å². The van der Waals surface area contributed by atoms with Crippen molar-refractivity contribution in [1.82, 2.24) is 9.88 Å². The summed E-state index contributed by atoms with van der Waals surface area (Å²) in [5.41, 5.74) is 0.760. The minimum absolute atomic E-state index is 0.0492. The largest absolute Gasteiger partial charge is 0.360 e. The highest BCUT2D eigenvalue weighted by Crippen LogP contribution is 2.28. The van der Waals surface area contributed by atoms with Crippen LogP contribution in [0, 0.1) is 0 Å². The Bertz CT molecular complexity index is 810. The summed E-state index contributed by atoms with van der Waals surface area (Å²) in [6.07, 6.45) is 4.35. The number of halogens is 1. The van der Waals surface area contributed by atoms with Gasteiger partial charge < -0.3 is 4.52 Å². The maximum Gasteiger partial charge on any atom is 0.287 e. The number of carbonyl (C=O) groups is 1. The van der Waals surface area contributed by atoms with Gasteiger partial charge in [-0.3, -0.25) is 4.79 Å². The lowest BCUT2D eigenvalue weighted by Gasteiger charge is -2.05. The fourth-order valence-corrected chi connectivity index (χ4v) is 5.07. The Labute approximate surface area is 136 Å². The minimum Gasteiger partial charge on any atom is -0.360 e. The van der Waals surface area contributed by atoms with Crippen molar-refractivity contribution in [2.45, 2.75) is 36.3 Å². The van der Waals surface area contributed by atoms with Gasteiger partial charge in [-0.15, -0.1) is 11.3 Å². The maximum absolute atomic E-state index is 12.3. The van der Waals surface area contributed by atoms with Crippen LogP contribution in [0.15, 0.2) is 20.2 Å². The van der Waals surface area contributed by atoms with Crippen LogP contribution in [-0.4, -0.2) is 19.5 Å². The molecule has 0 saturated carbocycles. The molecule has 0 atom stereocenters. The average molecular weight is 361 g/mol. The Hall–Kier alpha value is -1.38. The third kappa shape index (κ3) is 2.90.